The number of rotatable bonds is 3. The molecule has 1 spiro atoms. The van der Waals surface area contributed by atoms with Crippen LogP contribution in [0, 0.1) is 28.6 Å². The predicted octanol–water partition coefficient (Wildman–Crippen LogP) is 2.82. The van der Waals surface area contributed by atoms with Gasteiger partial charge in [-0.05, 0) is 37.0 Å². The second-order valence-electron chi connectivity index (χ2n) is 8.64. The summed E-state index contributed by atoms with van der Waals surface area (Å²) in [6, 6.07) is 0. The van der Waals surface area contributed by atoms with Gasteiger partial charge in [-0.15, -0.1) is 0 Å². The molecule has 0 aromatic heterocycles. The number of ketones is 1. The summed E-state index contributed by atoms with van der Waals surface area (Å²) in [7, 11) is 0. The molecule has 2 saturated heterocycles. The van der Waals surface area contributed by atoms with Gasteiger partial charge in [0.15, 0.2) is 0 Å². The Labute approximate surface area is 148 Å². The van der Waals surface area contributed by atoms with Crippen LogP contribution in [0.1, 0.15) is 52.4 Å². The summed E-state index contributed by atoms with van der Waals surface area (Å²) in [4.78, 5) is 36.5. The molecule has 2 aliphatic carbocycles. The molecule has 0 N–H and O–H groups in total. The Balaban J connectivity index is 1.63. The summed E-state index contributed by atoms with van der Waals surface area (Å²) in [5.74, 6) is 0.391. The van der Waals surface area contributed by atoms with E-state index in [9.17, 15) is 14.4 Å². The van der Waals surface area contributed by atoms with Crippen molar-refractivity contribution in [1.82, 2.24) is 0 Å². The molecular weight excluding hydrogens is 320 g/mol. The van der Waals surface area contributed by atoms with Gasteiger partial charge in [-0.25, -0.2) is 4.79 Å². The standard InChI is InChI=1S/C20H26O5/c1-12-15(21)9-20-11-25-18(23)14(20)4-3-5-16(20)19(12,2)7-6-13-8-17(22)24-10-13/h4,12-13,16H,3,5-11H2,1-2H3/t12-,13-,16-,19+,20+/m1/s1. The third kappa shape index (κ3) is 2.38. The van der Waals surface area contributed by atoms with Crippen LogP contribution in [0.15, 0.2) is 11.6 Å². The molecule has 2 heterocycles. The molecule has 0 unspecified atom stereocenters. The summed E-state index contributed by atoms with van der Waals surface area (Å²) < 4.78 is 10.5. The second kappa shape index (κ2) is 5.68. The zero-order valence-electron chi connectivity index (χ0n) is 15.0. The van der Waals surface area contributed by atoms with Crippen molar-refractivity contribution in [3.63, 3.8) is 0 Å². The molecule has 4 aliphatic rings. The van der Waals surface area contributed by atoms with Gasteiger partial charge in [-0.2, -0.15) is 0 Å². The van der Waals surface area contributed by atoms with Crippen LogP contribution >= 0.6 is 0 Å². The van der Waals surface area contributed by atoms with Gasteiger partial charge < -0.3 is 9.47 Å². The highest BCUT2D eigenvalue weighted by Gasteiger charge is 2.63. The minimum absolute atomic E-state index is 0.0313. The topological polar surface area (TPSA) is 69.7 Å². The van der Waals surface area contributed by atoms with Crippen LogP contribution in [0.25, 0.3) is 0 Å². The maximum Gasteiger partial charge on any atom is 0.334 e. The highest BCUT2D eigenvalue weighted by atomic mass is 16.5. The summed E-state index contributed by atoms with van der Waals surface area (Å²) >= 11 is 0. The highest BCUT2D eigenvalue weighted by molar-refractivity contribution is 5.95. The second-order valence-corrected chi connectivity index (χ2v) is 8.64. The number of hydrogen-bond donors (Lipinski definition) is 0. The lowest BCUT2D eigenvalue weighted by Crippen LogP contribution is -2.55. The third-order valence-corrected chi connectivity index (χ3v) is 7.47. The maximum absolute atomic E-state index is 12.9. The molecule has 25 heavy (non-hydrogen) atoms. The summed E-state index contributed by atoms with van der Waals surface area (Å²) in [5, 5.41) is 0. The average molecular weight is 346 g/mol. The number of esters is 2. The first-order valence-corrected chi connectivity index (χ1v) is 9.43. The molecule has 4 rings (SSSR count). The van der Waals surface area contributed by atoms with Gasteiger partial charge in [-0.3, -0.25) is 9.59 Å². The number of cyclic esters (lactones) is 2. The van der Waals surface area contributed by atoms with Crippen molar-refractivity contribution in [3.05, 3.63) is 11.6 Å². The normalized spacial score (nSPS) is 43.2. The molecule has 0 aromatic carbocycles. The van der Waals surface area contributed by atoms with E-state index in [1.807, 2.05) is 13.0 Å². The molecular formula is C20H26O5. The fraction of sp³-hybridized carbons (Fsp3) is 0.750. The van der Waals surface area contributed by atoms with Gasteiger partial charge in [-0.1, -0.05) is 19.9 Å². The smallest absolute Gasteiger partial charge is 0.334 e. The van der Waals surface area contributed by atoms with Crippen LogP contribution in [0.3, 0.4) is 0 Å². The van der Waals surface area contributed by atoms with Crippen LogP contribution in [-0.4, -0.2) is 30.9 Å². The minimum Gasteiger partial charge on any atom is -0.465 e. The van der Waals surface area contributed by atoms with Crippen LogP contribution in [0.4, 0.5) is 0 Å². The van der Waals surface area contributed by atoms with E-state index in [0.717, 1.165) is 31.3 Å². The van der Waals surface area contributed by atoms with Crippen LogP contribution in [0.2, 0.25) is 0 Å². The van der Waals surface area contributed by atoms with Gasteiger partial charge in [0.2, 0.25) is 0 Å². The largest absolute Gasteiger partial charge is 0.465 e. The van der Waals surface area contributed by atoms with Crippen molar-refractivity contribution in [3.8, 4) is 0 Å². The SMILES string of the molecule is C[C@@H]1C(=O)C[C@]23COC(=O)C2=CCC[C@@H]3[C@@]1(C)CC[C@H]1COC(=O)C1. The molecule has 0 bridgehead atoms. The molecule has 136 valence electrons. The van der Waals surface area contributed by atoms with Crippen molar-refractivity contribution in [2.75, 3.05) is 13.2 Å². The lowest BCUT2D eigenvalue weighted by Gasteiger charge is -2.55. The molecule has 0 amide bonds. The molecule has 2 aliphatic heterocycles. The average Bonchev–Trinajstić information content (AvgIpc) is 3.15. The first-order chi connectivity index (χ1) is 11.9. The van der Waals surface area contributed by atoms with Gasteiger partial charge >= 0.3 is 11.9 Å². The summed E-state index contributed by atoms with van der Waals surface area (Å²) in [6.07, 6.45) is 6.55. The first kappa shape index (κ1) is 16.8. The lowest BCUT2D eigenvalue weighted by atomic mass is 9.46. The van der Waals surface area contributed by atoms with E-state index >= 15 is 0 Å². The van der Waals surface area contributed by atoms with Crippen molar-refractivity contribution in [2.24, 2.45) is 28.6 Å². The molecule has 0 radical (unpaired) electrons. The summed E-state index contributed by atoms with van der Waals surface area (Å²) in [6.45, 7) is 5.10. The van der Waals surface area contributed by atoms with Crippen molar-refractivity contribution >= 4 is 17.7 Å². The van der Waals surface area contributed by atoms with Gasteiger partial charge in [0.1, 0.15) is 12.4 Å². The monoisotopic (exact) mass is 346 g/mol. The summed E-state index contributed by atoms with van der Waals surface area (Å²) in [5.41, 5.74) is 0.152. The molecule has 5 nitrogen and oxygen atoms in total. The van der Waals surface area contributed by atoms with Crippen LogP contribution in [0.5, 0.6) is 0 Å². The number of hydrogen-bond acceptors (Lipinski definition) is 5. The number of Topliss-reactive ketones (excluding diaryl/α,β-unsaturated/α-hetero) is 1. The number of carbonyl (C=O) groups is 3. The lowest BCUT2D eigenvalue weighted by molar-refractivity contribution is -0.145. The Morgan fingerprint density at radius 2 is 2.04 bits per heavy atom. The molecule has 0 aromatic rings. The van der Waals surface area contributed by atoms with Crippen molar-refractivity contribution in [2.45, 2.75) is 52.4 Å². The fourth-order valence-corrected chi connectivity index (χ4v) is 5.82. The molecule has 3 fully saturated rings. The Kier molecular flexibility index (Phi) is 3.82. The minimum atomic E-state index is -0.421. The zero-order chi connectivity index (χ0) is 17.8. The van der Waals surface area contributed by atoms with E-state index in [2.05, 4.69) is 6.92 Å². The fourth-order valence-electron chi connectivity index (χ4n) is 5.82. The Bertz CT molecular complexity index is 665. The Morgan fingerprint density at radius 1 is 1.24 bits per heavy atom. The van der Waals surface area contributed by atoms with Gasteiger partial charge in [0.05, 0.1) is 13.0 Å². The highest BCUT2D eigenvalue weighted by Crippen LogP contribution is 2.63. The number of ether oxygens (including phenoxy) is 2. The number of carbonyl (C=O) groups excluding carboxylic acids is 3. The van der Waals surface area contributed by atoms with E-state index in [0.29, 0.717) is 26.1 Å². The van der Waals surface area contributed by atoms with E-state index in [1.165, 1.54) is 0 Å². The van der Waals surface area contributed by atoms with Crippen molar-refractivity contribution < 1.29 is 23.9 Å². The van der Waals surface area contributed by atoms with Crippen LogP contribution in [-0.2, 0) is 23.9 Å². The quantitative estimate of drug-likeness (QED) is 0.735. The Morgan fingerprint density at radius 3 is 2.76 bits per heavy atom. The first-order valence-electron chi connectivity index (χ1n) is 9.43. The van der Waals surface area contributed by atoms with E-state index in [-0.39, 0.29) is 40.9 Å². The number of allylic oxidation sites excluding steroid dienone is 1. The molecule has 1 saturated carbocycles. The van der Waals surface area contributed by atoms with Gasteiger partial charge in [0, 0.05) is 29.2 Å². The predicted molar refractivity (Wildman–Crippen MR) is 89.4 cm³/mol. The molecule has 5 heteroatoms. The zero-order valence-corrected chi connectivity index (χ0v) is 15.0. The Hall–Kier alpha value is -1.65. The van der Waals surface area contributed by atoms with Crippen LogP contribution < -0.4 is 0 Å². The third-order valence-electron chi connectivity index (χ3n) is 7.47. The maximum atomic E-state index is 12.9. The van der Waals surface area contributed by atoms with E-state index in [1.54, 1.807) is 0 Å². The molecule has 5 atom stereocenters. The van der Waals surface area contributed by atoms with Crippen molar-refractivity contribution in [1.29, 1.82) is 0 Å². The van der Waals surface area contributed by atoms with Gasteiger partial charge in [0.25, 0.3) is 0 Å². The van der Waals surface area contributed by atoms with E-state index in [4.69, 9.17) is 9.47 Å². The van der Waals surface area contributed by atoms with E-state index < -0.39 is 5.41 Å².